The van der Waals surface area contributed by atoms with Gasteiger partial charge in [0.2, 0.25) is 11.8 Å². The lowest BCUT2D eigenvalue weighted by Gasteiger charge is -2.16. The van der Waals surface area contributed by atoms with Gasteiger partial charge in [0.1, 0.15) is 0 Å². The summed E-state index contributed by atoms with van der Waals surface area (Å²) in [6.45, 7) is 0.812. The number of nitrogens with one attached hydrogen (secondary N) is 1. The lowest BCUT2D eigenvalue weighted by atomic mass is 10.1. The lowest BCUT2D eigenvalue weighted by molar-refractivity contribution is -0.384. The smallest absolute Gasteiger partial charge is 0.270 e. The Morgan fingerprint density at radius 1 is 1.26 bits per heavy atom. The average Bonchev–Trinajstić information content (AvgIpc) is 3.03. The molecule has 1 saturated heterocycles. The quantitative estimate of drug-likeness (QED) is 0.480. The minimum atomic E-state index is -0.499. The van der Waals surface area contributed by atoms with E-state index in [1.54, 1.807) is 17.0 Å². The van der Waals surface area contributed by atoms with Crippen molar-refractivity contribution in [2.75, 3.05) is 6.54 Å². The molecule has 0 aromatic heterocycles. The minimum absolute atomic E-state index is 0.0526. The van der Waals surface area contributed by atoms with Gasteiger partial charge in [0.15, 0.2) is 0 Å². The summed E-state index contributed by atoms with van der Waals surface area (Å²) in [5.74, 6) is -0.884. The fraction of sp³-hybridized carbons (Fsp3) is 0.211. The Balaban J connectivity index is 1.55. The van der Waals surface area contributed by atoms with Crippen molar-refractivity contribution in [3.63, 3.8) is 0 Å². The monoisotopic (exact) mass is 366 g/mol. The number of hydrazone groups is 1. The molecule has 138 valence electrons. The second kappa shape index (κ2) is 8.22. The van der Waals surface area contributed by atoms with Gasteiger partial charge in [0, 0.05) is 37.2 Å². The van der Waals surface area contributed by atoms with E-state index < -0.39 is 10.8 Å². The highest BCUT2D eigenvalue weighted by Gasteiger charge is 2.34. The van der Waals surface area contributed by atoms with Gasteiger partial charge >= 0.3 is 0 Å². The van der Waals surface area contributed by atoms with Crippen LogP contribution < -0.4 is 5.43 Å². The summed E-state index contributed by atoms with van der Waals surface area (Å²) in [5.41, 5.74) is 3.86. The van der Waals surface area contributed by atoms with Crippen LogP contribution >= 0.6 is 0 Å². The number of hydrogen-bond donors (Lipinski definition) is 1. The molecule has 1 N–H and O–H groups in total. The lowest BCUT2D eigenvalue weighted by Crippen LogP contribution is -2.30. The summed E-state index contributed by atoms with van der Waals surface area (Å²) < 4.78 is 0. The number of rotatable bonds is 6. The number of hydrogen-bond acceptors (Lipinski definition) is 5. The van der Waals surface area contributed by atoms with Crippen molar-refractivity contribution in [1.82, 2.24) is 10.3 Å². The maximum atomic E-state index is 12.2. The van der Waals surface area contributed by atoms with Crippen molar-refractivity contribution in [2.45, 2.75) is 13.0 Å². The van der Waals surface area contributed by atoms with E-state index in [4.69, 9.17) is 0 Å². The molecule has 1 unspecified atom stereocenters. The summed E-state index contributed by atoms with van der Waals surface area (Å²) in [6.07, 6.45) is 1.48. The highest BCUT2D eigenvalue weighted by atomic mass is 16.6. The largest absolute Gasteiger partial charge is 0.338 e. The first-order valence-electron chi connectivity index (χ1n) is 8.42. The number of benzene rings is 2. The van der Waals surface area contributed by atoms with Crippen molar-refractivity contribution in [3.05, 3.63) is 75.8 Å². The first-order valence-corrected chi connectivity index (χ1v) is 8.42. The topological polar surface area (TPSA) is 105 Å². The number of non-ortho nitro benzene ring substituents is 1. The predicted molar refractivity (Wildman–Crippen MR) is 98.8 cm³/mol. The Bertz CT molecular complexity index is 882. The Labute approximate surface area is 155 Å². The van der Waals surface area contributed by atoms with E-state index in [0.29, 0.717) is 18.7 Å². The molecule has 1 aliphatic rings. The number of amides is 2. The van der Waals surface area contributed by atoms with E-state index in [0.717, 1.165) is 5.56 Å². The third kappa shape index (κ3) is 4.75. The maximum absolute atomic E-state index is 12.2. The normalized spacial score (nSPS) is 16.7. The van der Waals surface area contributed by atoms with E-state index in [9.17, 15) is 19.7 Å². The van der Waals surface area contributed by atoms with Crippen molar-refractivity contribution >= 4 is 23.7 Å². The zero-order valence-electron chi connectivity index (χ0n) is 14.4. The Morgan fingerprint density at radius 3 is 2.78 bits per heavy atom. The predicted octanol–water partition coefficient (Wildman–Crippen LogP) is 2.09. The molecular weight excluding hydrogens is 348 g/mol. The molecule has 1 atom stereocenters. The van der Waals surface area contributed by atoms with E-state index >= 15 is 0 Å². The standard InChI is InChI=1S/C19H18N4O4/c24-18-10-16(13-22(18)12-14-5-2-1-3-6-14)19(25)21-20-11-15-7-4-8-17(9-15)23(26)27/h1-9,11,16H,10,12-13H2,(H,21,25)/b20-11+. The molecule has 1 fully saturated rings. The van der Waals surface area contributed by atoms with Gasteiger partial charge in [-0.05, 0) is 5.56 Å². The van der Waals surface area contributed by atoms with E-state index in [1.807, 2.05) is 30.3 Å². The van der Waals surface area contributed by atoms with Crippen LogP contribution in [0.3, 0.4) is 0 Å². The molecule has 3 rings (SSSR count). The van der Waals surface area contributed by atoms with Gasteiger partial charge < -0.3 is 4.90 Å². The number of nitro benzene ring substituents is 1. The molecule has 2 amide bonds. The fourth-order valence-electron chi connectivity index (χ4n) is 2.88. The number of carbonyl (C=O) groups excluding carboxylic acids is 2. The summed E-state index contributed by atoms with van der Waals surface area (Å²) in [6, 6.07) is 15.5. The molecule has 0 aliphatic carbocycles. The maximum Gasteiger partial charge on any atom is 0.270 e. The van der Waals surface area contributed by atoms with Gasteiger partial charge in [-0.3, -0.25) is 19.7 Å². The molecule has 8 heteroatoms. The summed E-state index contributed by atoms with van der Waals surface area (Å²) in [4.78, 5) is 36.3. The van der Waals surface area contributed by atoms with Gasteiger partial charge in [-0.2, -0.15) is 5.10 Å². The summed E-state index contributed by atoms with van der Waals surface area (Å²) in [7, 11) is 0. The molecule has 1 heterocycles. The van der Waals surface area contributed by atoms with Gasteiger partial charge in [-0.1, -0.05) is 42.5 Å². The molecule has 1 aliphatic heterocycles. The van der Waals surface area contributed by atoms with Crippen LogP contribution in [0.4, 0.5) is 5.69 Å². The molecule has 0 bridgehead atoms. The minimum Gasteiger partial charge on any atom is -0.338 e. The van der Waals surface area contributed by atoms with Gasteiger partial charge in [0.25, 0.3) is 5.69 Å². The molecule has 8 nitrogen and oxygen atoms in total. The van der Waals surface area contributed by atoms with E-state index in [-0.39, 0.29) is 23.9 Å². The van der Waals surface area contributed by atoms with Gasteiger partial charge in [-0.25, -0.2) is 5.43 Å². The number of nitrogens with zero attached hydrogens (tertiary/aromatic N) is 3. The second-order valence-electron chi connectivity index (χ2n) is 6.25. The van der Waals surface area contributed by atoms with Crippen LogP contribution in [0.25, 0.3) is 0 Å². The van der Waals surface area contributed by atoms with Crippen LogP contribution in [0.2, 0.25) is 0 Å². The van der Waals surface area contributed by atoms with Crippen molar-refractivity contribution in [1.29, 1.82) is 0 Å². The molecule has 2 aromatic rings. The Kier molecular flexibility index (Phi) is 5.55. The number of carbonyl (C=O) groups is 2. The second-order valence-corrected chi connectivity index (χ2v) is 6.25. The molecular formula is C19H18N4O4. The number of likely N-dealkylation sites (tertiary alicyclic amines) is 1. The Morgan fingerprint density at radius 2 is 2.04 bits per heavy atom. The van der Waals surface area contributed by atoms with E-state index in [2.05, 4.69) is 10.5 Å². The third-order valence-electron chi connectivity index (χ3n) is 4.27. The van der Waals surface area contributed by atoms with Crippen LogP contribution in [-0.4, -0.2) is 34.4 Å². The molecule has 0 radical (unpaired) electrons. The molecule has 27 heavy (non-hydrogen) atoms. The van der Waals surface area contributed by atoms with Crippen LogP contribution in [0.5, 0.6) is 0 Å². The summed E-state index contributed by atoms with van der Waals surface area (Å²) in [5, 5.41) is 14.6. The fourth-order valence-corrected chi connectivity index (χ4v) is 2.88. The first-order chi connectivity index (χ1) is 13.0. The van der Waals surface area contributed by atoms with Crippen LogP contribution in [-0.2, 0) is 16.1 Å². The van der Waals surface area contributed by atoms with E-state index in [1.165, 1.54) is 18.3 Å². The molecule has 0 spiro atoms. The SMILES string of the molecule is O=C(N/N=C/c1cccc([N+](=O)[O-])c1)C1CC(=O)N(Cc2ccccc2)C1. The van der Waals surface area contributed by atoms with Crippen molar-refractivity contribution in [3.8, 4) is 0 Å². The van der Waals surface area contributed by atoms with Crippen LogP contribution in [0, 0.1) is 16.0 Å². The third-order valence-corrected chi connectivity index (χ3v) is 4.27. The highest BCUT2D eigenvalue weighted by molar-refractivity contribution is 5.90. The van der Waals surface area contributed by atoms with Crippen molar-refractivity contribution < 1.29 is 14.5 Å². The summed E-state index contributed by atoms with van der Waals surface area (Å²) >= 11 is 0. The van der Waals surface area contributed by atoms with Crippen LogP contribution in [0.15, 0.2) is 59.7 Å². The molecule has 2 aromatic carbocycles. The zero-order valence-corrected chi connectivity index (χ0v) is 14.4. The van der Waals surface area contributed by atoms with Crippen molar-refractivity contribution in [2.24, 2.45) is 11.0 Å². The van der Waals surface area contributed by atoms with Gasteiger partial charge in [0.05, 0.1) is 17.1 Å². The number of nitro groups is 1. The van der Waals surface area contributed by atoms with Gasteiger partial charge in [-0.15, -0.1) is 0 Å². The molecule has 0 saturated carbocycles. The average molecular weight is 366 g/mol. The first kappa shape index (κ1) is 18.2. The highest BCUT2D eigenvalue weighted by Crippen LogP contribution is 2.20. The Hall–Kier alpha value is -3.55. The van der Waals surface area contributed by atoms with Crippen LogP contribution in [0.1, 0.15) is 17.5 Å². The zero-order chi connectivity index (χ0) is 19.2.